The second kappa shape index (κ2) is 9.68. The van der Waals surface area contributed by atoms with Crippen LogP contribution < -0.4 is 19.5 Å². The third-order valence-electron chi connectivity index (χ3n) is 5.24. The summed E-state index contributed by atoms with van der Waals surface area (Å²) in [5.74, 6) is 2.05. The summed E-state index contributed by atoms with van der Waals surface area (Å²) < 4.78 is 18.5. The quantitative estimate of drug-likeness (QED) is 0.362. The minimum absolute atomic E-state index is 0.192. The molecule has 0 spiro atoms. The van der Waals surface area contributed by atoms with E-state index in [2.05, 4.69) is 29.2 Å². The van der Waals surface area contributed by atoms with Gasteiger partial charge in [0.2, 0.25) is 6.79 Å². The van der Waals surface area contributed by atoms with Crippen molar-refractivity contribution in [2.45, 2.75) is 13.8 Å². The highest BCUT2D eigenvalue weighted by atomic mass is 35.5. The predicted octanol–water partition coefficient (Wildman–Crippen LogP) is 5.60. The monoisotopic (exact) mass is 490 g/mol. The number of nitrogens with zero attached hydrogens (tertiary/aromatic N) is 3. The van der Waals surface area contributed by atoms with Crippen LogP contribution in [0.1, 0.15) is 24.2 Å². The molecular weight excluding hydrogens is 468 g/mol. The summed E-state index contributed by atoms with van der Waals surface area (Å²) in [6, 6.07) is 20.0. The summed E-state index contributed by atoms with van der Waals surface area (Å²) in [6.07, 6.45) is 0. The fourth-order valence-corrected chi connectivity index (χ4v) is 3.61. The van der Waals surface area contributed by atoms with E-state index in [0.29, 0.717) is 46.1 Å². The molecule has 8 nitrogen and oxygen atoms in total. The van der Waals surface area contributed by atoms with Crippen molar-refractivity contribution in [3.8, 4) is 34.6 Å². The Kier molecular flexibility index (Phi) is 6.29. The molecule has 1 aromatic heterocycles. The van der Waals surface area contributed by atoms with Crippen molar-refractivity contribution in [3.05, 3.63) is 77.3 Å². The van der Waals surface area contributed by atoms with Gasteiger partial charge in [-0.3, -0.25) is 4.79 Å². The van der Waals surface area contributed by atoms with Crippen molar-refractivity contribution in [1.82, 2.24) is 14.8 Å². The highest BCUT2D eigenvalue weighted by molar-refractivity contribution is 6.30. The first-order valence-corrected chi connectivity index (χ1v) is 11.5. The Morgan fingerprint density at radius 3 is 2.54 bits per heavy atom. The molecule has 5 rings (SSSR count). The van der Waals surface area contributed by atoms with Gasteiger partial charge >= 0.3 is 6.01 Å². The first-order valence-electron chi connectivity index (χ1n) is 11.1. The average Bonchev–Trinajstić information content (AvgIpc) is 3.50. The number of rotatable bonds is 7. The average molecular weight is 491 g/mol. The molecule has 0 radical (unpaired) electrons. The van der Waals surface area contributed by atoms with Crippen LogP contribution in [0.15, 0.2) is 66.7 Å². The van der Waals surface area contributed by atoms with Crippen molar-refractivity contribution in [2.24, 2.45) is 5.92 Å². The zero-order chi connectivity index (χ0) is 24.4. The minimum Gasteiger partial charge on any atom is -0.462 e. The third-order valence-corrected chi connectivity index (χ3v) is 5.49. The number of carbonyl (C=O) groups is 1. The van der Waals surface area contributed by atoms with Crippen LogP contribution in [-0.4, -0.2) is 34.1 Å². The van der Waals surface area contributed by atoms with Gasteiger partial charge in [-0.15, -0.1) is 5.10 Å². The highest BCUT2D eigenvalue weighted by Gasteiger charge is 2.20. The van der Waals surface area contributed by atoms with Gasteiger partial charge in [-0.25, -0.2) is 4.68 Å². The predicted molar refractivity (Wildman–Crippen MR) is 133 cm³/mol. The Balaban J connectivity index is 1.42. The Labute approximate surface area is 207 Å². The molecule has 0 fully saturated rings. The molecule has 2 heterocycles. The van der Waals surface area contributed by atoms with Gasteiger partial charge in [0, 0.05) is 21.8 Å². The Hall–Kier alpha value is -4.04. The van der Waals surface area contributed by atoms with Gasteiger partial charge in [0.15, 0.2) is 17.3 Å². The maximum atomic E-state index is 12.5. The smallest absolute Gasteiger partial charge is 0.336 e. The number of ether oxygens (including phenoxy) is 3. The molecule has 1 aliphatic heterocycles. The summed E-state index contributed by atoms with van der Waals surface area (Å²) >= 11 is 5.91. The van der Waals surface area contributed by atoms with Crippen LogP contribution in [0.3, 0.4) is 0 Å². The molecule has 4 aromatic rings. The molecule has 0 saturated carbocycles. The molecule has 1 amide bonds. The van der Waals surface area contributed by atoms with Crippen LogP contribution in [0.4, 0.5) is 5.69 Å². The number of nitrogens with one attached hydrogen (secondary N) is 1. The second-order valence-corrected chi connectivity index (χ2v) is 8.85. The number of benzene rings is 3. The molecule has 178 valence electrons. The van der Waals surface area contributed by atoms with Gasteiger partial charge in [-0.2, -0.15) is 4.98 Å². The van der Waals surface area contributed by atoms with E-state index in [9.17, 15) is 4.79 Å². The van der Waals surface area contributed by atoms with Crippen LogP contribution in [0.5, 0.6) is 17.5 Å². The van der Waals surface area contributed by atoms with Crippen LogP contribution in [-0.2, 0) is 0 Å². The van der Waals surface area contributed by atoms with Gasteiger partial charge in [0.05, 0.1) is 12.3 Å². The molecule has 0 aliphatic carbocycles. The lowest BCUT2D eigenvalue weighted by molar-refractivity contribution is 0.102. The van der Waals surface area contributed by atoms with Crippen LogP contribution in [0.2, 0.25) is 5.02 Å². The number of anilines is 1. The highest BCUT2D eigenvalue weighted by Crippen LogP contribution is 2.36. The van der Waals surface area contributed by atoms with E-state index in [0.717, 1.165) is 11.3 Å². The molecule has 1 aliphatic rings. The lowest BCUT2D eigenvalue weighted by Crippen LogP contribution is -2.11. The molecule has 0 unspecified atom stereocenters. The van der Waals surface area contributed by atoms with Crippen molar-refractivity contribution >= 4 is 23.2 Å². The van der Waals surface area contributed by atoms with E-state index in [1.807, 2.05) is 42.5 Å². The van der Waals surface area contributed by atoms with E-state index in [1.165, 1.54) is 0 Å². The van der Waals surface area contributed by atoms with Gasteiger partial charge in [-0.1, -0.05) is 25.4 Å². The maximum absolute atomic E-state index is 12.5. The van der Waals surface area contributed by atoms with Crippen molar-refractivity contribution < 1.29 is 19.0 Å². The summed E-state index contributed by atoms with van der Waals surface area (Å²) in [5.41, 5.74) is 2.73. The van der Waals surface area contributed by atoms with Gasteiger partial charge in [-0.05, 0) is 72.6 Å². The Morgan fingerprint density at radius 1 is 1.06 bits per heavy atom. The number of carbonyl (C=O) groups excluding carboxylic acids is 1. The summed E-state index contributed by atoms with van der Waals surface area (Å²) in [7, 11) is 0. The largest absolute Gasteiger partial charge is 0.462 e. The van der Waals surface area contributed by atoms with E-state index >= 15 is 0 Å². The Morgan fingerprint density at radius 2 is 1.80 bits per heavy atom. The number of amides is 1. The number of fused-ring (bicyclic) bond motifs is 1. The first kappa shape index (κ1) is 22.7. The fourth-order valence-electron chi connectivity index (χ4n) is 3.49. The maximum Gasteiger partial charge on any atom is 0.336 e. The fraction of sp³-hybridized carbons (Fsp3) is 0.192. The van der Waals surface area contributed by atoms with E-state index in [4.69, 9.17) is 25.8 Å². The molecule has 0 saturated heterocycles. The molecule has 0 bridgehead atoms. The van der Waals surface area contributed by atoms with Gasteiger partial charge in [0.25, 0.3) is 5.91 Å². The molecule has 35 heavy (non-hydrogen) atoms. The van der Waals surface area contributed by atoms with Crippen molar-refractivity contribution in [2.75, 3.05) is 18.7 Å². The standard InChI is InChI=1S/C26H23ClN4O4/c1-16(2)14-33-26-29-24(18-5-12-22-23(13-18)35-15-34-22)31(30-26)21-10-8-20(9-11-21)28-25(32)17-3-6-19(27)7-4-17/h3-13,16H,14-15H2,1-2H3,(H,28,32). The molecule has 0 atom stereocenters. The molecule has 1 N–H and O–H groups in total. The van der Waals surface area contributed by atoms with E-state index in [-0.39, 0.29) is 18.7 Å². The van der Waals surface area contributed by atoms with Gasteiger partial charge in [0.1, 0.15) is 0 Å². The summed E-state index contributed by atoms with van der Waals surface area (Å²) in [5, 5.41) is 8.04. The van der Waals surface area contributed by atoms with Crippen LogP contribution >= 0.6 is 11.6 Å². The van der Waals surface area contributed by atoms with E-state index in [1.54, 1.807) is 28.9 Å². The van der Waals surface area contributed by atoms with Crippen LogP contribution in [0.25, 0.3) is 17.1 Å². The number of hydrogen-bond donors (Lipinski definition) is 1. The molecule has 3 aromatic carbocycles. The zero-order valence-corrected chi connectivity index (χ0v) is 20.0. The van der Waals surface area contributed by atoms with Crippen LogP contribution in [0, 0.1) is 5.92 Å². The first-order chi connectivity index (χ1) is 17.0. The second-order valence-electron chi connectivity index (χ2n) is 8.41. The number of hydrogen-bond acceptors (Lipinski definition) is 6. The SMILES string of the molecule is CC(C)COc1nc(-c2ccc3c(c2)OCO3)n(-c2ccc(NC(=O)c3ccc(Cl)cc3)cc2)n1. The Bertz CT molecular complexity index is 1350. The lowest BCUT2D eigenvalue weighted by atomic mass is 10.2. The number of halogens is 1. The topological polar surface area (TPSA) is 87.5 Å². The zero-order valence-electron chi connectivity index (χ0n) is 19.2. The van der Waals surface area contributed by atoms with Gasteiger partial charge < -0.3 is 19.5 Å². The third kappa shape index (κ3) is 5.07. The lowest BCUT2D eigenvalue weighted by Gasteiger charge is -2.09. The summed E-state index contributed by atoms with van der Waals surface area (Å²) in [6.45, 7) is 4.82. The molecular formula is C26H23ClN4O4. The minimum atomic E-state index is -0.222. The summed E-state index contributed by atoms with van der Waals surface area (Å²) in [4.78, 5) is 17.1. The molecule has 9 heteroatoms. The van der Waals surface area contributed by atoms with E-state index < -0.39 is 0 Å². The normalized spacial score (nSPS) is 12.1. The van der Waals surface area contributed by atoms with Crippen molar-refractivity contribution in [1.29, 1.82) is 0 Å². The number of aromatic nitrogens is 3. The van der Waals surface area contributed by atoms with Crippen molar-refractivity contribution in [3.63, 3.8) is 0 Å².